The number of fused-ring (bicyclic) bond motifs is 1. The van der Waals surface area contributed by atoms with Gasteiger partial charge in [0.1, 0.15) is 0 Å². The molecular weight excluding hydrogens is 230 g/mol. The lowest BCUT2D eigenvalue weighted by Gasteiger charge is -2.31. The fourth-order valence-corrected chi connectivity index (χ4v) is 2.21. The van der Waals surface area contributed by atoms with Crippen LogP contribution < -0.4 is 10.6 Å². The first-order valence-electron chi connectivity index (χ1n) is 6.16. The average molecular weight is 247 g/mol. The Labute approximate surface area is 105 Å². The summed E-state index contributed by atoms with van der Waals surface area (Å²) in [6.07, 6.45) is 1.99. The molecule has 96 valence electrons. The third-order valence-electron chi connectivity index (χ3n) is 3.23. The molecule has 6 heteroatoms. The predicted octanol–water partition coefficient (Wildman–Crippen LogP) is 0.202. The summed E-state index contributed by atoms with van der Waals surface area (Å²) in [5.74, 6) is 0.756. The molecule has 0 spiro atoms. The van der Waals surface area contributed by atoms with E-state index in [0.717, 1.165) is 30.2 Å². The molecule has 1 atom stereocenters. The number of pyridine rings is 1. The van der Waals surface area contributed by atoms with Crippen molar-refractivity contribution in [2.75, 3.05) is 31.1 Å². The van der Waals surface area contributed by atoms with E-state index in [1.807, 2.05) is 29.8 Å². The molecule has 3 rings (SSSR count). The maximum Gasteiger partial charge on any atom is 0.245 e. The lowest BCUT2D eigenvalue weighted by Crippen LogP contribution is -2.46. The molecule has 6 nitrogen and oxygen atoms in total. The zero-order valence-corrected chi connectivity index (χ0v) is 10.4. The van der Waals surface area contributed by atoms with Crippen molar-refractivity contribution in [3.63, 3.8) is 0 Å². The van der Waals surface area contributed by atoms with Crippen molar-refractivity contribution in [3.8, 4) is 0 Å². The lowest BCUT2D eigenvalue weighted by molar-refractivity contribution is 0.0460. The van der Waals surface area contributed by atoms with Crippen LogP contribution in [-0.4, -0.2) is 46.9 Å². The first kappa shape index (κ1) is 11.4. The van der Waals surface area contributed by atoms with Crippen LogP contribution in [0.1, 0.15) is 5.56 Å². The van der Waals surface area contributed by atoms with Crippen LogP contribution in [0.25, 0.3) is 5.65 Å². The van der Waals surface area contributed by atoms with Crippen LogP contribution in [0.2, 0.25) is 0 Å². The number of hydrogen-bond acceptors (Lipinski definition) is 5. The third kappa shape index (κ3) is 1.93. The lowest BCUT2D eigenvalue weighted by atomic mass is 10.3. The van der Waals surface area contributed by atoms with Gasteiger partial charge in [-0.15, -0.1) is 5.10 Å². The highest BCUT2D eigenvalue weighted by Crippen LogP contribution is 2.16. The van der Waals surface area contributed by atoms with Crippen LogP contribution in [0.3, 0.4) is 0 Å². The second-order valence-corrected chi connectivity index (χ2v) is 4.55. The number of hydrogen-bond donors (Lipinski definition) is 1. The normalized spacial score (nSPS) is 20.6. The summed E-state index contributed by atoms with van der Waals surface area (Å²) in [5.41, 5.74) is 7.68. The Morgan fingerprint density at radius 3 is 3.22 bits per heavy atom. The first-order valence-corrected chi connectivity index (χ1v) is 6.16. The molecule has 1 unspecified atom stereocenters. The Morgan fingerprint density at radius 1 is 1.56 bits per heavy atom. The SMILES string of the molecule is Cc1cccn2nc(N3CCOC(CN)C3)nc12. The maximum atomic E-state index is 5.65. The highest BCUT2D eigenvalue weighted by atomic mass is 16.5. The van der Waals surface area contributed by atoms with Crippen LogP contribution in [0, 0.1) is 6.92 Å². The predicted molar refractivity (Wildman–Crippen MR) is 68.7 cm³/mol. The van der Waals surface area contributed by atoms with E-state index >= 15 is 0 Å². The quantitative estimate of drug-likeness (QED) is 0.821. The number of nitrogens with two attached hydrogens (primary N) is 1. The van der Waals surface area contributed by atoms with E-state index in [4.69, 9.17) is 10.5 Å². The molecule has 3 heterocycles. The van der Waals surface area contributed by atoms with Gasteiger partial charge in [0, 0.05) is 25.8 Å². The Kier molecular flexibility index (Phi) is 2.89. The fraction of sp³-hybridized carbons (Fsp3) is 0.500. The van der Waals surface area contributed by atoms with E-state index < -0.39 is 0 Å². The maximum absolute atomic E-state index is 5.65. The van der Waals surface area contributed by atoms with Crippen LogP contribution in [0.15, 0.2) is 18.3 Å². The van der Waals surface area contributed by atoms with Gasteiger partial charge in [-0.2, -0.15) is 4.98 Å². The van der Waals surface area contributed by atoms with Gasteiger partial charge in [0.2, 0.25) is 5.95 Å². The van der Waals surface area contributed by atoms with Crippen molar-refractivity contribution >= 4 is 11.6 Å². The summed E-state index contributed by atoms with van der Waals surface area (Å²) in [5, 5.41) is 4.50. The molecule has 2 aromatic heterocycles. The van der Waals surface area contributed by atoms with Crippen LogP contribution in [0.5, 0.6) is 0 Å². The van der Waals surface area contributed by atoms with E-state index in [1.165, 1.54) is 0 Å². The highest BCUT2D eigenvalue weighted by molar-refractivity contribution is 5.50. The highest BCUT2D eigenvalue weighted by Gasteiger charge is 2.22. The van der Waals surface area contributed by atoms with Gasteiger partial charge in [0.05, 0.1) is 12.7 Å². The topological polar surface area (TPSA) is 68.7 Å². The number of rotatable bonds is 2. The number of anilines is 1. The monoisotopic (exact) mass is 247 g/mol. The Morgan fingerprint density at radius 2 is 2.44 bits per heavy atom. The largest absolute Gasteiger partial charge is 0.373 e. The van der Waals surface area contributed by atoms with Crippen molar-refractivity contribution in [1.82, 2.24) is 14.6 Å². The van der Waals surface area contributed by atoms with E-state index in [9.17, 15) is 0 Å². The molecule has 0 aliphatic carbocycles. The fourth-order valence-electron chi connectivity index (χ4n) is 2.21. The van der Waals surface area contributed by atoms with Gasteiger partial charge in [-0.3, -0.25) is 0 Å². The van der Waals surface area contributed by atoms with Gasteiger partial charge in [0.15, 0.2) is 5.65 Å². The molecule has 0 bridgehead atoms. The molecule has 0 saturated carbocycles. The number of aryl methyl sites for hydroxylation is 1. The van der Waals surface area contributed by atoms with Gasteiger partial charge < -0.3 is 15.4 Å². The Hall–Kier alpha value is -1.66. The molecule has 2 aromatic rings. The first-order chi connectivity index (χ1) is 8.78. The molecule has 0 aromatic carbocycles. The van der Waals surface area contributed by atoms with Crippen molar-refractivity contribution in [1.29, 1.82) is 0 Å². The summed E-state index contributed by atoms with van der Waals surface area (Å²) >= 11 is 0. The molecule has 1 fully saturated rings. The number of ether oxygens (including phenoxy) is 1. The zero-order valence-electron chi connectivity index (χ0n) is 10.4. The molecule has 2 N–H and O–H groups in total. The molecular formula is C12H17N5O. The Balaban J connectivity index is 1.92. The zero-order chi connectivity index (χ0) is 12.5. The van der Waals surface area contributed by atoms with E-state index in [2.05, 4.69) is 15.0 Å². The van der Waals surface area contributed by atoms with Crippen molar-refractivity contribution in [2.45, 2.75) is 13.0 Å². The smallest absolute Gasteiger partial charge is 0.245 e. The van der Waals surface area contributed by atoms with Gasteiger partial charge >= 0.3 is 0 Å². The van der Waals surface area contributed by atoms with E-state index in [0.29, 0.717) is 13.2 Å². The van der Waals surface area contributed by atoms with Gasteiger partial charge in [0.25, 0.3) is 0 Å². The summed E-state index contributed by atoms with van der Waals surface area (Å²) in [6, 6.07) is 4.01. The summed E-state index contributed by atoms with van der Waals surface area (Å²) in [6.45, 7) is 4.81. The van der Waals surface area contributed by atoms with Crippen molar-refractivity contribution in [3.05, 3.63) is 23.9 Å². The standard InChI is InChI=1S/C12H17N5O/c1-9-3-2-4-17-11(9)14-12(15-17)16-5-6-18-10(7-13)8-16/h2-4,10H,5-8,13H2,1H3. The summed E-state index contributed by atoms with van der Waals surface area (Å²) < 4.78 is 7.36. The summed E-state index contributed by atoms with van der Waals surface area (Å²) in [4.78, 5) is 6.72. The molecule has 0 radical (unpaired) electrons. The second-order valence-electron chi connectivity index (χ2n) is 4.55. The minimum Gasteiger partial charge on any atom is -0.373 e. The molecule has 0 amide bonds. The molecule has 1 aliphatic rings. The van der Waals surface area contributed by atoms with Gasteiger partial charge in [-0.1, -0.05) is 6.07 Å². The van der Waals surface area contributed by atoms with Crippen LogP contribution >= 0.6 is 0 Å². The van der Waals surface area contributed by atoms with Crippen molar-refractivity contribution in [2.24, 2.45) is 5.73 Å². The van der Waals surface area contributed by atoms with Gasteiger partial charge in [-0.05, 0) is 18.6 Å². The average Bonchev–Trinajstić information content (AvgIpc) is 2.84. The van der Waals surface area contributed by atoms with Gasteiger partial charge in [-0.25, -0.2) is 4.52 Å². The summed E-state index contributed by atoms with van der Waals surface area (Å²) in [7, 11) is 0. The number of nitrogens with zero attached hydrogens (tertiary/aromatic N) is 4. The minimum atomic E-state index is 0.0754. The van der Waals surface area contributed by atoms with E-state index in [-0.39, 0.29) is 6.10 Å². The minimum absolute atomic E-state index is 0.0754. The molecule has 1 aliphatic heterocycles. The number of aromatic nitrogens is 3. The molecule has 1 saturated heterocycles. The van der Waals surface area contributed by atoms with Crippen LogP contribution in [-0.2, 0) is 4.74 Å². The van der Waals surface area contributed by atoms with Crippen LogP contribution in [0.4, 0.5) is 5.95 Å². The second kappa shape index (κ2) is 4.55. The molecule has 18 heavy (non-hydrogen) atoms. The van der Waals surface area contributed by atoms with Crippen molar-refractivity contribution < 1.29 is 4.74 Å². The third-order valence-corrected chi connectivity index (χ3v) is 3.23. The van der Waals surface area contributed by atoms with E-state index in [1.54, 1.807) is 0 Å². The number of morpholine rings is 1. The Bertz CT molecular complexity index is 552.